The van der Waals surface area contributed by atoms with Crippen LogP contribution in [0.5, 0.6) is 0 Å². The van der Waals surface area contributed by atoms with Crippen LogP contribution in [0.1, 0.15) is 26.7 Å². The van der Waals surface area contributed by atoms with Gasteiger partial charge in [0.15, 0.2) is 0 Å². The first-order valence-electron chi connectivity index (χ1n) is 4.20. The largest absolute Gasteiger partial charge is 0.327 e. The second kappa shape index (κ2) is 3.22. The van der Waals surface area contributed by atoms with E-state index >= 15 is 0 Å². The van der Waals surface area contributed by atoms with Gasteiger partial charge < -0.3 is 10.6 Å². The Morgan fingerprint density at radius 3 is 2.73 bits per heavy atom. The molecule has 11 heavy (non-hydrogen) atoms. The first-order valence-corrected chi connectivity index (χ1v) is 4.20. The lowest BCUT2D eigenvalue weighted by atomic mass is 10.1. The molecule has 0 aromatic rings. The SMILES string of the molecule is CCC(=O)N1CC(C)CC1N. The fourth-order valence-electron chi connectivity index (χ4n) is 1.58. The molecule has 0 aliphatic carbocycles. The molecule has 1 amide bonds. The van der Waals surface area contributed by atoms with Crippen LogP contribution in [0.2, 0.25) is 0 Å². The van der Waals surface area contributed by atoms with Gasteiger partial charge in [0.05, 0.1) is 6.17 Å². The Kier molecular flexibility index (Phi) is 2.49. The summed E-state index contributed by atoms with van der Waals surface area (Å²) < 4.78 is 0. The van der Waals surface area contributed by atoms with Gasteiger partial charge in [0, 0.05) is 13.0 Å². The molecule has 0 aromatic carbocycles. The van der Waals surface area contributed by atoms with Crippen molar-refractivity contribution < 1.29 is 4.79 Å². The lowest BCUT2D eigenvalue weighted by Gasteiger charge is -2.20. The number of hydrogen-bond acceptors (Lipinski definition) is 2. The van der Waals surface area contributed by atoms with Crippen molar-refractivity contribution >= 4 is 5.91 Å². The molecule has 0 aromatic heterocycles. The zero-order valence-electron chi connectivity index (χ0n) is 7.21. The molecule has 0 saturated carbocycles. The second-order valence-electron chi connectivity index (χ2n) is 3.31. The number of amides is 1. The van der Waals surface area contributed by atoms with Crippen LogP contribution in [-0.4, -0.2) is 23.5 Å². The molecule has 0 radical (unpaired) electrons. The molecular weight excluding hydrogens is 140 g/mol. The van der Waals surface area contributed by atoms with E-state index in [1.807, 2.05) is 6.92 Å². The predicted molar refractivity (Wildman–Crippen MR) is 43.8 cm³/mol. The maximum atomic E-state index is 11.2. The van der Waals surface area contributed by atoms with Crippen molar-refractivity contribution in [2.45, 2.75) is 32.9 Å². The van der Waals surface area contributed by atoms with Crippen molar-refractivity contribution in [2.75, 3.05) is 6.54 Å². The molecule has 1 fully saturated rings. The molecule has 1 heterocycles. The zero-order valence-corrected chi connectivity index (χ0v) is 7.21. The van der Waals surface area contributed by atoms with E-state index in [1.165, 1.54) is 0 Å². The number of rotatable bonds is 1. The van der Waals surface area contributed by atoms with Crippen molar-refractivity contribution in [3.8, 4) is 0 Å². The molecule has 1 aliphatic rings. The van der Waals surface area contributed by atoms with E-state index in [1.54, 1.807) is 4.90 Å². The predicted octanol–water partition coefficient (Wildman–Crippen LogP) is 0.550. The van der Waals surface area contributed by atoms with Gasteiger partial charge in [-0.15, -0.1) is 0 Å². The van der Waals surface area contributed by atoms with E-state index in [2.05, 4.69) is 6.92 Å². The third-order valence-electron chi connectivity index (χ3n) is 2.18. The molecule has 3 heteroatoms. The Bertz CT molecular complexity index is 158. The number of hydrogen-bond donors (Lipinski definition) is 1. The smallest absolute Gasteiger partial charge is 0.223 e. The highest BCUT2D eigenvalue weighted by Gasteiger charge is 2.28. The number of likely N-dealkylation sites (tertiary alicyclic amines) is 1. The van der Waals surface area contributed by atoms with E-state index in [-0.39, 0.29) is 12.1 Å². The normalized spacial score (nSPS) is 31.0. The van der Waals surface area contributed by atoms with Crippen LogP contribution in [0, 0.1) is 5.92 Å². The van der Waals surface area contributed by atoms with Crippen LogP contribution < -0.4 is 5.73 Å². The first kappa shape index (κ1) is 8.53. The molecule has 1 rings (SSSR count). The summed E-state index contributed by atoms with van der Waals surface area (Å²) in [6.45, 7) is 4.84. The maximum Gasteiger partial charge on any atom is 0.223 e. The summed E-state index contributed by atoms with van der Waals surface area (Å²) in [7, 11) is 0. The molecule has 2 unspecified atom stereocenters. The summed E-state index contributed by atoms with van der Waals surface area (Å²) in [6.07, 6.45) is 1.49. The van der Waals surface area contributed by atoms with Crippen LogP contribution in [0.25, 0.3) is 0 Å². The minimum absolute atomic E-state index is 0.0301. The Morgan fingerprint density at radius 2 is 2.36 bits per heavy atom. The van der Waals surface area contributed by atoms with Crippen molar-refractivity contribution in [1.82, 2.24) is 4.90 Å². The summed E-state index contributed by atoms with van der Waals surface area (Å²) in [6, 6.07) is 0. The standard InChI is InChI=1S/C8H16N2O/c1-3-8(11)10-5-6(2)4-7(10)9/h6-7H,3-5,9H2,1-2H3. The quantitative estimate of drug-likeness (QED) is 0.602. The molecule has 1 saturated heterocycles. The second-order valence-corrected chi connectivity index (χ2v) is 3.31. The monoisotopic (exact) mass is 156 g/mol. The maximum absolute atomic E-state index is 11.2. The topological polar surface area (TPSA) is 46.3 Å². The van der Waals surface area contributed by atoms with Crippen molar-refractivity contribution in [2.24, 2.45) is 11.7 Å². The van der Waals surface area contributed by atoms with Crippen LogP contribution in [0.3, 0.4) is 0 Å². The van der Waals surface area contributed by atoms with Crippen LogP contribution in [0.15, 0.2) is 0 Å². The summed E-state index contributed by atoms with van der Waals surface area (Å²) in [5, 5.41) is 0. The molecule has 0 bridgehead atoms. The van der Waals surface area contributed by atoms with Crippen molar-refractivity contribution in [3.63, 3.8) is 0 Å². The van der Waals surface area contributed by atoms with Crippen LogP contribution >= 0.6 is 0 Å². The lowest BCUT2D eigenvalue weighted by Crippen LogP contribution is -2.40. The Hall–Kier alpha value is -0.570. The summed E-state index contributed by atoms with van der Waals surface area (Å²) in [5.41, 5.74) is 5.75. The van der Waals surface area contributed by atoms with Crippen molar-refractivity contribution in [1.29, 1.82) is 0 Å². The van der Waals surface area contributed by atoms with Gasteiger partial charge in [-0.3, -0.25) is 4.79 Å². The zero-order chi connectivity index (χ0) is 8.43. The van der Waals surface area contributed by atoms with Crippen molar-refractivity contribution in [3.05, 3.63) is 0 Å². The fourth-order valence-corrected chi connectivity index (χ4v) is 1.58. The van der Waals surface area contributed by atoms with Gasteiger partial charge in [0.25, 0.3) is 0 Å². The van der Waals surface area contributed by atoms with E-state index < -0.39 is 0 Å². The average Bonchev–Trinajstić information content (AvgIpc) is 2.28. The highest BCUT2D eigenvalue weighted by molar-refractivity contribution is 5.76. The Balaban J connectivity index is 2.52. The molecular formula is C8H16N2O. The third-order valence-corrected chi connectivity index (χ3v) is 2.18. The van der Waals surface area contributed by atoms with Gasteiger partial charge in [0.1, 0.15) is 0 Å². The minimum Gasteiger partial charge on any atom is -0.327 e. The van der Waals surface area contributed by atoms with Gasteiger partial charge >= 0.3 is 0 Å². The van der Waals surface area contributed by atoms with Crippen LogP contribution in [0.4, 0.5) is 0 Å². The fraction of sp³-hybridized carbons (Fsp3) is 0.875. The van der Waals surface area contributed by atoms with Crippen LogP contribution in [-0.2, 0) is 4.79 Å². The molecule has 2 N–H and O–H groups in total. The van der Waals surface area contributed by atoms with E-state index in [9.17, 15) is 4.79 Å². The third kappa shape index (κ3) is 1.71. The van der Waals surface area contributed by atoms with Gasteiger partial charge in [-0.1, -0.05) is 13.8 Å². The van der Waals surface area contributed by atoms with E-state index in [0.29, 0.717) is 12.3 Å². The first-order chi connectivity index (χ1) is 5.15. The molecule has 3 nitrogen and oxygen atoms in total. The summed E-state index contributed by atoms with van der Waals surface area (Å²) in [4.78, 5) is 13.0. The lowest BCUT2D eigenvalue weighted by molar-refractivity contribution is -0.131. The molecule has 1 aliphatic heterocycles. The highest BCUT2D eigenvalue weighted by atomic mass is 16.2. The number of nitrogens with zero attached hydrogens (tertiary/aromatic N) is 1. The number of carbonyl (C=O) groups is 1. The number of nitrogens with two attached hydrogens (primary N) is 1. The summed E-state index contributed by atoms with van der Waals surface area (Å²) in [5.74, 6) is 0.752. The number of carbonyl (C=O) groups excluding carboxylic acids is 1. The van der Waals surface area contributed by atoms with Gasteiger partial charge in [0.2, 0.25) is 5.91 Å². The highest BCUT2D eigenvalue weighted by Crippen LogP contribution is 2.19. The van der Waals surface area contributed by atoms with Gasteiger partial charge in [-0.2, -0.15) is 0 Å². The molecule has 0 spiro atoms. The Labute approximate surface area is 67.5 Å². The van der Waals surface area contributed by atoms with E-state index in [0.717, 1.165) is 13.0 Å². The van der Waals surface area contributed by atoms with E-state index in [4.69, 9.17) is 5.73 Å². The van der Waals surface area contributed by atoms with Gasteiger partial charge in [-0.05, 0) is 12.3 Å². The Morgan fingerprint density at radius 1 is 1.73 bits per heavy atom. The molecule has 64 valence electrons. The van der Waals surface area contributed by atoms with Gasteiger partial charge in [-0.25, -0.2) is 0 Å². The average molecular weight is 156 g/mol. The minimum atomic E-state index is -0.0301. The summed E-state index contributed by atoms with van der Waals surface area (Å²) >= 11 is 0. The molecule has 2 atom stereocenters.